The SMILES string of the molecule is COc1cc(F)c(C(C)C)cc1-c1cc(F)cc(C(CC(=O)O)c2ncco2)c1. The molecular weight excluding hydrogens is 380 g/mol. The molecule has 29 heavy (non-hydrogen) atoms. The summed E-state index contributed by atoms with van der Waals surface area (Å²) in [6.45, 7) is 3.72. The zero-order chi connectivity index (χ0) is 21.1. The van der Waals surface area contributed by atoms with Gasteiger partial charge in [0.05, 0.1) is 25.6 Å². The molecule has 0 saturated heterocycles. The van der Waals surface area contributed by atoms with Gasteiger partial charge in [0.2, 0.25) is 5.89 Å². The molecule has 1 heterocycles. The fourth-order valence-corrected chi connectivity index (χ4v) is 3.31. The van der Waals surface area contributed by atoms with E-state index in [1.54, 1.807) is 12.1 Å². The Bertz CT molecular complexity index is 1020. The lowest BCUT2D eigenvalue weighted by molar-refractivity contribution is -0.137. The lowest BCUT2D eigenvalue weighted by Crippen LogP contribution is -2.09. The van der Waals surface area contributed by atoms with E-state index in [0.29, 0.717) is 22.3 Å². The molecule has 3 aromatic rings. The summed E-state index contributed by atoms with van der Waals surface area (Å²) >= 11 is 0. The van der Waals surface area contributed by atoms with E-state index in [-0.39, 0.29) is 24.0 Å². The van der Waals surface area contributed by atoms with E-state index in [0.717, 1.165) is 0 Å². The highest BCUT2D eigenvalue weighted by Gasteiger charge is 2.24. The molecule has 5 nitrogen and oxygen atoms in total. The molecule has 0 amide bonds. The minimum absolute atomic E-state index is 0.0836. The van der Waals surface area contributed by atoms with Crippen LogP contribution in [-0.4, -0.2) is 23.2 Å². The average molecular weight is 401 g/mol. The van der Waals surface area contributed by atoms with E-state index < -0.39 is 23.5 Å². The van der Waals surface area contributed by atoms with Crippen molar-refractivity contribution >= 4 is 5.97 Å². The van der Waals surface area contributed by atoms with Crippen LogP contribution in [0, 0.1) is 11.6 Å². The molecule has 152 valence electrons. The summed E-state index contributed by atoms with van der Waals surface area (Å²) in [6, 6.07) is 7.12. The van der Waals surface area contributed by atoms with Crippen molar-refractivity contribution in [2.24, 2.45) is 0 Å². The summed E-state index contributed by atoms with van der Waals surface area (Å²) < 4.78 is 39.5. The third kappa shape index (κ3) is 4.45. The molecule has 7 heteroatoms. The largest absolute Gasteiger partial charge is 0.496 e. The molecule has 3 rings (SSSR count). The highest BCUT2D eigenvalue weighted by molar-refractivity contribution is 5.73. The molecule has 0 aliphatic rings. The Morgan fingerprint density at radius 1 is 1.21 bits per heavy atom. The molecule has 2 aromatic carbocycles. The number of nitrogens with zero attached hydrogens (tertiary/aromatic N) is 1. The molecule has 0 spiro atoms. The third-order valence-corrected chi connectivity index (χ3v) is 4.70. The van der Waals surface area contributed by atoms with Crippen LogP contribution in [0.25, 0.3) is 11.1 Å². The fourth-order valence-electron chi connectivity index (χ4n) is 3.31. The smallest absolute Gasteiger partial charge is 0.304 e. The normalized spacial score (nSPS) is 12.2. The van der Waals surface area contributed by atoms with Crippen molar-refractivity contribution in [1.29, 1.82) is 0 Å². The average Bonchev–Trinajstić information content (AvgIpc) is 3.19. The molecule has 0 aliphatic heterocycles. The second-order valence-corrected chi connectivity index (χ2v) is 7.02. The molecule has 1 aromatic heterocycles. The first-order valence-electron chi connectivity index (χ1n) is 9.09. The predicted molar refractivity (Wildman–Crippen MR) is 103 cm³/mol. The van der Waals surface area contributed by atoms with Gasteiger partial charge in [-0.3, -0.25) is 4.79 Å². The Balaban J connectivity index is 2.17. The quantitative estimate of drug-likeness (QED) is 0.577. The molecule has 1 atom stereocenters. The number of ether oxygens (including phenoxy) is 1. The number of halogens is 2. The van der Waals surface area contributed by atoms with E-state index in [2.05, 4.69) is 4.98 Å². The maximum Gasteiger partial charge on any atom is 0.304 e. The third-order valence-electron chi connectivity index (χ3n) is 4.70. The van der Waals surface area contributed by atoms with Crippen LogP contribution >= 0.6 is 0 Å². The van der Waals surface area contributed by atoms with Crippen LogP contribution in [0.3, 0.4) is 0 Å². The van der Waals surface area contributed by atoms with Gasteiger partial charge in [0.25, 0.3) is 0 Å². The Morgan fingerprint density at radius 3 is 2.55 bits per heavy atom. The molecular formula is C22H21F2NO4. The minimum Gasteiger partial charge on any atom is -0.496 e. The molecule has 0 aliphatic carbocycles. The van der Waals surface area contributed by atoms with Gasteiger partial charge in [-0.1, -0.05) is 13.8 Å². The molecule has 0 fully saturated rings. The summed E-state index contributed by atoms with van der Waals surface area (Å²) in [5.41, 5.74) is 1.82. The first kappa shape index (κ1) is 20.5. The standard InChI is InChI=1S/C22H21F2NO4/c1-12(2)16-9-17(20(28-3)11-19(16)24)13-6-14(8-15(23)7-13)18(10-21(26)27)22-25-4-5-29-22/h4-9,11-12,18H,10H2,1-3H3,(H,26,27). The van der Waals surface area contributed by atoms with Gasteiger partial charge in [0, 0.05) is 11.6 Å². The number of carbonyl (C=O) groups is 1. The molecule has 0 radical (unpaired) electrons. The van der Waals surface area contributed by atoms with Crippen LogP contribution in [-0.2, 0) is 4.79 Å². The summed E-state index contributed by atoms with van der Waals surface area (Å²) in [7, 11) is 1.41. The van der Waals surface area contributed by atoms with Crippen molar-refractivity contribution < 1.29 is 27.8 Å². The lowest BCUT2D eigenvalue weighted by Gasteiger charge is -2.17. The minimum atomic E-state index is -1.07. The number of aliphatic carboxylic acids is 1. The highest BCUT2D eigenvalue weighted by Crippen LogP contribution is 2.37. The number of benzene rings is 2. The van der Waals surface area contributed by atoms with Crippen molar-refractivity contribution in [1.82, 2.24) is 4.98 Å². The van der Waals surface area contributed by atoms with Crippen LogP contribution in [0.5, 0.6) is 5.75 Å². The Kier molecular flexibility index (Phi) is 5.96. The second-order valence-electron chi connectivity index (χ2n) is 7.02. The van der Waals surface area contributed by atoms with Gasteiger partial charge in [-0.05, 0) is 46.9 Å². The van der Waals surface area contributed by atoms with E-state index in [9.17, 15) is 18.7 Å². The number of oxazole rings is 1. The maximum absolute atomic E-state index is 14.5. The number of rotatable bonds is 7. The van der Waals surface area contributed by atoms with Crippen LogP contribution < -0.4 is 4.74 Å². The Hall–Kier alpha value is -3.22. The van der Waals surface area contributed by atoms with Crippen molar-refractivity contribution in [3.8, 4) is 16.9 Å². The summed E-state index contributed by atoms with van der Waals surface area (Å²) in [6.07, 6.45) is 2.42. The molecule has 1 unspecified atom stereocenters. The summed E-state index contributed by atoms with van der Waals surface area (Å²) in [5, 5.41) is 9.28. The van der Waals surface area contributed by atoms with Crippen LogP contribution in [0.4, 0.5) is 8.78 Å². The zero-order valence-electron chi connectivity index (χ0n) is 16.3. The van der Waals surface area contributed by atoms with Gasteiger partial charge in [-0.2, -0.15) is 0 Å². The van der Waals surface area contributed by atoms with Gasteiger partial charge in [0.15, 0.2) is 0 Å². The topological polar surface area (TPSA) is 72.6 Å². The summed E-state index contributed by atoms with van der Waals surface area (Å²) in [5.74, 6) is -2.45. The second kappa shape index (κ2) is 8.43. The van der Waals surface area contributed by atoms with Crippen LogP contribution in [0.1, 0.15) is 49.1 Å². The maximum atomic E-state index is 14.5. The number of hydrogen-bond acceptors (Lipinski definition) is 4. The molecule has 1 N–H and O–H groups in total. The first-order valence-corrected chi connectivity index (χ1v) is 9.09. The van der Waals surface area contributed by atoms with Gasteiger partial charge in [0.1, 0.15) is 23.6 Å². The van der Waals surface area contributed by atoms with Crippen LogP contribution in [0.15, 0.2) is 47.2 Å². The van der Waals surface area contributed by atoms with E-state index in [1.165, 1.54) is 37.8 Å². The number of aromatic nitrogens is 1. The Morgan fingerprint density at radius 2 is 1.97 bits per heavy atom. The van der Waals surface area contributed by atoms with Crippen molar-refractivity contribution in [2.45, 2.75) is 32.1 Å². The van der Waals surface area contributed by atoms with Crippen molar-refractivity contribution in [3.05, 3.63) is 71.4 Å². The lowest BCUT2D eigenvalue weighted by atomic mass is 9.90. The molecule has 0 bridgehead atoms. The van der Waals surface area contributed by atoms with E-state index in [4.69, 9.17) is 9.15 Å². The van der Waals surface area contributed by atoms with Crippen molar-refractivity contribution in [2.75, 3.05) is 7.11 Å². The fraction of sp³-hybridized carbons (Fsp3) is 0.273. The van der Waals surface area contributed by atoms with Gasteiger partial charge in [-0.25, -0.2) is 13.8 Å². The van der Waals surface area contributed by atoms with Crippen LogP contribution in [0.2, 0.25) is 0 Å². The number of carboxylic acids is 1. The summed E-state index contributed by atoms with van der Waals surface area (Å²) in [4.78, 5) is 15.4. The first-order chi connectivity index (χ1) is 13.8. The van der Waals surface area contributed by atoms with Gasteiger partial charge < -0.3 is 14.3 Å². The van der Waals surface area contributed by atoms with Crippen molar-refractivity contribution in [3.63, 3.8) is 0 Å². The van der Waals surface area contributed by atoms with E-state index in [1.807, 2.05) is 13.8 Å². The predicted octanol–water partition coefficient (Wildman–Crippen LogP) is 5.36. The highest BCUT2D eigenvalue weighted by atomic mass is 19.1. The zero-order valence-corrected chi connectivity index (χ0v) is 16.3. The van der Waals surface area contributed by atoms with Gasteiger partial charge >= 0.3 is 5.97 Å². The number of methoxy groups -OCH3 is 1. The van der Waals surface area contributed by atoms with E-state index >= 15 is 0 Å². The Labute approximate surface area is 167 Å². The number of hydrogen-bond donors (Lipinski definition) is 1. The monoisotopic (exact) mass is 401 g/mol. The molecule has 0 saturated carbocycles. The number of carboxylic acid groups (broad SMARTS) is 1. The van der Waals surface area contributed by atoms with Gasteiger partial charge in [-0.15, -0.1) is 0 Å².